The van der Waals surface area contributed by atoms with E-state index in [0.717, 1.165) is 31.2 Å². The lowest BCUT2D eigenvalue weighted by molar-refractivity contribution is 0.236. The van der Waals surface area contributed by atoms with Gasteiger partial charge in [0.2, 0.25) is 0 Å². The van der Waals surface area contributed by atoms with E-state index in [2.05, 4.69) is 23.2 Å². The Labute approximate surface area is 97.8 Å². The number of nitrogens with zero attached hydrogens (tertiary/aromatic N) is 1. The zero-order valence-corrected chi connectivity index (χ0v) is 10.3. The molecule has 0 aromatic carbocycles. The summed E-state index contributed by atoms with van der Waals surface area (Å²) < 4.78 is 5.63. The summed E-state index contributed by atoms with van der Waals surface area (Å²) in [6.07, 6.45) is 2.43. The molecule has 1 aliphatic heterocycles. The molecule has 1 aliphatic rings. The van der Waals surface area contributed by atoms with Crippen molar-refractivity contribution in [3.8, 4) is 0 Å². The summed E-state index contributed by atoms with van der Waals surface area (Å²) in [4.78, 5) is 2.49. The Morgan fingerprint density at radius 1 is 1.50 bits per heavy atom. The summed E-state index contributed by atoms with van der Waals surface area (Å²) in [6.45, 7) is 8.65. The fourth-order valence-corrected chi connectivity index (χ4v) is 2.28. The van der Waals surface area contributed by atoms with E-state index in [4.69, 9.17) is 4.42 Å². The average Bonchev–Trinajstić information content (AvgIpc) is 2.55. The van der Waals surface area contributed by atoms with Crippen LogP contribution in [0.15, 0.2) is 16.5 Å². The molecule has 0 bridgehead atoms. The molecule has 0 amide bonds. The van der Waals surface area contributed by atoms with Crippen LogP contribution in [-0.4, -0.2) is 30.6 Å². The van der Waals surface area contributed by atoms with Gasteiger partial charge >= 0.3 is 0 Å². The van der Waals surface area contributed by atoms with Crippen LogP contribution < -0.4 is 5.32 Å². The van der Waals surface area contributed by atoms with E-state index in [1.165, 1.54) is 19.4 Å². The topological polar surface area (TPSA) is 28.4 Å². The van der Waals surface area contributed by atoms with Crippen LogP contribution in [0.2, 0.25) is 0 Å². The van der Waals surface area contributed by atoms with Crippen molar-refractivity contribution in [1.29, 1.82) is 0 Å². The van der Waals surface area contributed by atoms with Crippen LogP contribution in [-0.2, 0) is 6.54 Å². The normalized spacial score (nSPS) is 23.2. The maximum Gasteiger partial charge on any atom is 0.118 e. The summed E-state index contributed by atoms with van der Waals surface area (Å²) >= 11 is 0. The number of hydrogen-bond donors (Lipinski definition) is 1. The summed E-state index contributed by atoms with van der Waals surface area (Å²) in [5.41, 5.74) is 0. The zero-order valence-electron chi connectivity index (χ0n) is 10.3. The Bertz CT molecular complexity index is 321. The van der Waals surface area contributed by atoms with E-state index in [1.54, 1.807) is 0 Å². The molecule has 1 aromatic heterocycles. The van der Waals surface area contributed by atoms with Crippen molar-refractivity contribution < 1.29 is 4.42 Å². The van der Waals surface area contributed by atoms with Crippen LogP contribution >= 0.6 is 0 Å². The first-order valence-electron chi connectivity index (χ1n) is 6.29. The second-order valence-electron chi connectivity index (χ2n) is 4.66. The lowest BCUT2D eigenvalue weighted by Crippen LogP contribution is -2.36. The maximum atomic E-state index is 5.63. The molecule has 1 aromatic rings. The second-order valence-corrected chi connectivity index (χ2v) is 4.66. The fourth-order valence-electron chi connectivity index (χ4n) is 2.28. The first-order valence-corrected chi connectivity index (χ1v) is 6.29. The third kappa shape index (κ3) is 3.09. The molecule has 1 unspecified atom stereocenters. The molecule has 0 spiro atoms. The van der Waals surface area contributed by atoms with E-state index >= 15 is 0 Å². The molecule has 0 radical (unpaired) electrons. The molecule has 1 N–H and O–H groups in total. The minimum absolute atomic E-state index is 0.638. The minimum Gasteiger partial charge on any atom is -0.465 e. The number of furan rings is 1. The van der Waals surface area contributed by atoms with Crippen LogP contribution in [0, 0.1) is 6.92 Å². The van der Waals surface area contributed by atoms with Gasteiger partial charge < -0.3 is 9.73 Å². The molecule has 3 heteroatoms. The quantitative estimate of drug-likeness (QED) is 0.849. The van der Waals surface area contributed by atoms with Gasteiger partial charge in [-0.1, -0.05) is 6.92 Å². The second kappa shape index (κ2) is 5.51. The van der Waals surface area contributed by atoms with E-state index in [1.807, 2.05) is 13.0 Å². The van der Waals surface area contributed by atoms with Crippen molar-refractivity contribution in [2.75, 3.05) is 19.6 Å². The molecular weight excluding hydrogens is 200 g/mol. The van der Waals surface area contributed by atoms with Gasteiger partial charge in [0, 0.05) is 12.6 Å². The molecule has 2 heterocycles. The number of aryl methyl sites for hydroxylation is 1. The van der Waals surface area contributed by atoms with Crippen LogP contribution in [0.25, 0.3) is 0 Å². The predicted octanol–water partition coefficient (Wildman–Crippen LogP) is 2.16. The molecule has 1 saturated heterocycles. The molecule has 90 valence electrons. The summed E-state index contributed by atoms with van der Waals surface area (Å²) in [5.74, 6) is 2.10. The Balaban J connectivity index is 1.92. The van der Waals surface area contributed by atoms with Crippen molar-refractivity contribution >= 4 is 0 Å². The Morgan fingerprint density at radius 3 is 3.06 bits per heavy atom. The summed E-state index contributed by atoms with van der Waals surface area (Å²) in [5, 5.41) is 3.58. The average molecular weight is 222 g/mol. The van der Waals surface area contributed by atoms with Crippen molar-refractivity contribution in [1.82, 2.24) is 10.2 Å². The number of nitrogens with one attached hydrogen (secondary N) is 1. The van der Waals surface area contributed by atoms with E-state index in [0.29, 0.717) is 6.04 Å². The molecule has 1 atom stereocenters. The molecule has 0 saturated carbocycles. The Morgan fingerprint density at radius 2 is 2.38 bits per heavy atom. The van der Waals surface area contributed by atoms with Gasteiger partial charge in [-0.05, 0) is 45.0 Å². The zero-order chi connectivity index (χ0) is 11.4. The van der Waals surface area contributed by atoms with E-state index < -0.39 is 0 Å². The van der Waals surface area contributed by atoms with Gasteiger partial charge in [-0.25, -0.2) is 0 Å². The van der Waals surface area contributed by atoms with Crippen LogP contribution in [0.1, 0.15) is 31.3 Å². The Hall–Kier alpha value is -0.800. The highest BCUT2D eigenvalue weighted by atomic mass is 16.3. The lowest BCUT2D eigenvalue weighted by Gasteiger charge is -2.22. The highest BCUT2D eigenvalue weighted by molar-refractivity contribution is 5.05. The monoisotopic (exact) mass is 222 g/mol. The summed E-state index contributed by atoms with van der Waals surface area (Å²) in [6, 6.07) is 4.77. The smallest absolute Gasteiger partial charge is 0.118 e. The largest absolute Gasteiger partial charge is 0.465 e. The van der Waals surface area contributed by atoms with Gasteiger partial charge in [0.15, 0.2) is 0 Å². The number of hydrogen-bond acceptors (Lipinski definition) is 3. The fraction of sp³-hybridized carbons (Fsp3) is 0.692. The molecule has 3 nitrogen and oxygen atoms in total. The molecule has 2 rings (SSSR count). The van der Waals surface area contributed by atoms with Crippen molar-refractivity contribution in [2.45, 2.75) is 39.3 Å². The molecule has 16 heavy (non-hydrogen) atoms. The highest BCUT2D eigenvalue weighted by Gasteiger charge is 2.16. The lowest BCUT2D eigenvalue weighted by atomic mass is 10.2. The summed E-state index contributed by atoms with van der Waals surface area (Å²) in [7, 11) is 0. The third-order valence-electron chi connectivity index (χ3n) is 3.23. The first-order chi connectivity index (χ1) is 7.78. The SMILES string of the molecule is CCC1CN(Cc2ccc(C)o2)CCCN1. The van der Waals surface area contributed by atoms with Gasteiger partial charge in [-0.2, -0.15) is 0 Å². The maximum absolute atomic E-state index is 5.63. The van der Waals surface area contributed by atoms with Crippen molar-refractivity contribution in [3.63, 3.8) is 0 Å². The highest BCUT2D eigenvalue weighted by Crippen LogP contribution is 2.12. The minimum atomic E-state index is 0.638. The van der Waals surface area contributed by atoms with Crippen LogP contribution in [0.5, 0.6) is 0 Å². The van der Waals surface area contributed by atoms with Gasteiger partial charge in [0.25, 0.3) is 0 Å². The van der Waals surface area contributed by atoms with Gasteiger partial charge in [-0.15, -0.1) is 0 Å². The van der Waals surface area contributed by atoms with E-state index in [9.17, 15) is 0 Å². The van der Waals surface area contributed by atoms with Gasteiger partial charge in [0.1, 0.15) is 11.5 Å². The van der Waals surface area contributed by atoms with Crippen molar-refractivity contribution in [3.05, 3.63) is 23.7 Å². The van der Waals surface area contributed by atoms with Crippen LogP contribution in [0.4, 0.5) is 0 Å². The molecule has 1 fully saturated rings. The Kier molecular flexibility index (Phi) is 4.02. The standard InChI is InChI=1S/C13H22N2O/c1-3-12-9-15(8-4-7-14-12)10-13-6-5-11(2)16-13/h5-6,12,14H,3-4,7-10H2,1-2H3. The first kappa shape index (κ1) is 11.7. The molecule has 0 aliphatic carbocycles. The van der Waals surface area contributed by atoms with Gasteiger partial charge in [-0.3, -0.25) is 4.90 Å². The third-order valence-corrected chi connectivity index (χ3v) is 3.23. The molecular formula is C13H22N2O. The van der Waals surface area contributed by atoms with Crippen LogP contribution in [0.3, 0.4) is 0 Å². The number of rotatable bonds is 3. The van der Waals surface area contributed by atoms with Gasteiger partial charge in [0.05, 0.1) is 6.54 Å². The predicted molar refractivity (Wildman–Crippen MR) is 65.4 cm³/mol. The van der Waals surface area contributed by atoms with Crippen molar-refractivity contribution in [2.24, 2.45) is 0 Å². The van der Waals surface area contributed by atoms with E-state index in [-0.39, 0.29) is 0 Å².